The van der Waals surface area contributed by atoms with Crippen molar-refractivity contribution in [3.8, 4) is 11.6 Å². The van der Waals surface area contributed by atoms with Crippen molar-refractivity contribution < 1.29 is 8.94 Å². The highest BCUT2D eigenvalue weighted by molar-refractivity contribution is 5.51. The quantitative estimate of drug-likeness (QED) is 0.860. The Morgan fingerprint density at radius 1 is 1.38 bits per heavy atom. The van der Waals surface area contributed by atoms with E-state index in [0.29, 0.717) is 17.5 Å². The van der Waals surface area contributed by atoms with Crippen molar-refractivity contribution in [3.63, 3.8) is 0 Å². The molecule has 0 saturated heterocycles. The van der Waals surface area contributed by atoms with Crippen molar-refractivity contribution >= 4 is 0 Å². The minimum Gasteiger partial charge on any atom is -0.461 e. The van der Waals surface area contributed by atoms with Crippen LogP contribution in [0.4, 0.5) is 0 Å². The summed E-state index contributed by atoms with van der Waals surface area (Å²) in [4.78, 5) is 4.24. The van der Waals surface area contributed by atoms with Crippen molar-refractivity contribution in [2.75, 3.05) is 0 Å². The SMILES string of the molecule is Cc1ccoc1-c1noc([C@@H](N)C(C)C)n1. The van der Waals surface area contributed by atoms with Crippen molar-refractivity contribution in [2.24, 2.45) is 11.7 Å². The van der Waals surface area contributed by atoms with Gasteiger partial charge in [0.1, 0.15) is 0 Å². The van der Waals surface area contributed by atoms with Gasteiger partial charge in [-0.3, -0.25) is 0 Å². The number of hydrogen-bond acceptors (Lipinski definition) is 5. The topological polar surface area (TPSA) is 78.1 Å². The Balaban J connectivity index is 2.30. The lowest BCUT2D eigenvalue weighted by Crippen LogP contribution is -2.16. The lowest BCUT2D eigenvalue weighted by molar-refractivity contribution is 0.324. The molecule has 2 rings (SSSR count). The van der Waals surface area contributed by atoms with Crippen LogP contribution in [-0.2, 0) is 0 Å². The molecule has 1 atom stereocenters. The minimum atomic E-state index is -0.239. The van der Waals surface area contributed by atoms with Gasteiger partial charge in [0.15, 0.2) is 5.76 Å². The van der Waals surface area contributed by atoms with Crippen molar-refractivity contribution in [2.45, 2.75) is 26.8 Å². The molecular formula is C11H15N3O2. The van der Waals surface area contributed by atoms with E-state index >= 15 is 0 Å². The van der Waals surface area contributed by atoms with Gasteiger partial charge in [0, 0.05) is 0 Å². The molecule has 0 aromatic carbocycles. The average molecular weight is 221 g/mol. The zero-order valence-electron chi connectivity index (χ0n) is 9.60. The average Bonchev–Trinajstić information content (AvgIpc) is 2.84. The number of rotatable bonds is 3. The molecule has 0 amide bonds. The second-order valence-corrected chi connectivity index (χ2v) is 4.16. The lowest BCUT2D eigenvalue weighted by Gasteiger charge is -2.08. The summed E-state index contributed by atoms with van der Waals surface area (Å²) in [5.74, 6) is 1.78. The third-order valence-electron chi connectivity index (χ3n) is 2.51. The molecule has 0 fully saturated rings. The van der Waals surface area contributed by atoms with E-state index in [0.717, 1.165) is 5.56 Å². The van der Waals surface area contributed by atoms with E-state index in [2.05, 4.69) is 10.1 Å². The van der Waals surface area contributed by atoms with E-state index in [1.165, 1.54) is 0 Å². The van der Waals surface area contributed by atoms with Crippen LogP contribution in [-0.4, -0.2) is 10.1 Å². The van der Waals surface area contributed by atoms with Crippen LogP contribution in [0.15, 0.2) is 21.3 Å². The molecule has 2 N–H and O–H groups in total. The number of nitrogens with two attached hydrogens (primary N) is 1. The Morgan fingerprint density at radius 3 is 2.69 bits per heavy atom. The summed E-state index contributed by atoms with van der Waals surface area (Å²) >= 11 is 0. The maximum Gasteiger partial charge on any atom is 0.244 e. The van der Waals surface area contributed by atoms with E-state index in [-0.39, 0.29) is 12.0 Å². The molecule has 2 aromatic rings. The molecule has 5 heteroatoms. The first-order chi connectivity index (χ1) is 7.59. The molecule has 0 spiro atoms. The van der Waals surface area contributed by atoms with Gasteiger partial charge in [0.05, 0.1) is 12.3 Å². The predicted molar refractivity (Wildman–Crippen MR) is 58.5 cm³/mol. The molecule has 0 unspecified atom stereocenters. The maximum absolute atomic E-state index is 5.92. The summed E-state index contributed by atoms with van der Waals surface area (Å²) in [6.45, 7) is 5.94. The van der Waals surface area contributed by atoms with Crippen LogP contribution in [0, 0.1) is 12.8 Å². The molecule has 0 saturated carbocycles. The molecule has 0 aliphatic heterocycles. The predicted octanol–water partition coefficient (Wildman–Crippen LogP) is 2.29. The first-order valence-corrected chi connectivity index (χ1v) is 5.23. The van der Waals surface area contributed by atoms with E-state index in [9.17, 15) is 0 Å². The zero-order valence-corrected chi connectivity index (χ0v) is 9.60. The van der Waals surface area contributed by atoms with Gasteiger partial charge in [0.2, 0.25) is 11.7 Å². The molecule has 16 heavy (non-hydrogen) atoms. The molecule has 86 valence electrons. The molecule has 0 radical (unpaired) electrons. The highest BCUT2D eigenvalue weighted by Gasteiger charge is 2.20. The Hall–Kier alpha value is -1.62. The van der Waals surface area contributed by atoms with Crippen LogP contribution in [0.5, 0.6) is 0 Å². The molecular weight excluding hydrogens is 206 g/mol. The van der Waals surface area contributed by atoms with Gasteiger partial charge in [-0.05, 0) is 24.5 Å². The van der Waals surface area contributed by atoms with Crippen LogP contribution < -0.4 is 5.73 Å². The molecule has 0 aliphatic rings. The van der Waals surface area contributed by atoms with Crippen LogP contribution in [0.2, 0.25) is 0 Å². The summed E-state index contributed by atoms with van der Waals surface area (Å²) in [6.07, 6.45) is 1.60. The summed E-state index contributed by atoms with van der Waals surface area (Å²) < 4.78 is 10.4. The molecule has 2 heterocycles. The van der Waals surface area contributed by atoms with E-state index in [4.69, 9.17) is 14.7 Å². The van der Waals surface area contributed by atoms with Crippen LogP contribution in [0.1, 0.15) is 31.3 Å². The number of hydrogen-bond donors (Lipinski definition) is 1. The van der Waals surface area contributed by atoms with Gasteiger partial charge in [-0.1, -0.05) is 19.0 Å². The van der Waals surface area contributed by atoms with Gasteiger partial charge in [-0.2, -0.15) is 4.98 Å². The van der Waals surface area contributed by atoms with Crippen molar-refractivity contribution in [1.82, 2.24) is 10.1 Å². The molecule has 2 aromatic heterocycles. The van der Waals surface area contributed by atoms with Crippen molar-refractivity contribution in [3.05, 3.63) is 23.8 Å². The Labute approximate surface area is 93.6 Å². The molecule has 0 bridgehead atoms. The van der Waals surface area contributed by atoms with E-state index in [1.807, 2.05) is 26.8 Å². The van der Waals surface area contributed by atoms with Gasteiger partial charge in [0.25, 0.3) is 0 Å². The number of furan rings is 1. The first-order valence-electron chi connectivity index (χ1n) is 5.23. The highest BCUT2D eigenvalue weighted by Crippen LogP contribution is 2.24. The summed E-state index contributed by atoms with van der Waals surface area (Å²) in [5, 5.41) is 3.86. The summed E-state index contributed by atoms with van der Waals surface area (Å²) in [5.41, 5.74) is 6.89. The third kappa shape index (κ3) is 1.86. The van der Waals surface area contributed by atoms with Crippen LogP contribution in [0.25, 0.3) is 11.6 Å². The second kappa shape index (κ2) is 4.09. The fourth-order valence-corrected chi connectivity index (χ4v) is 1.35. The molecule has 5 nitrogen and oxygen atoms in total. The smallest absolute Gasteiger partial charge is 0.244 e. The highest BCUT2D eigenvalue weighted by atomic mass is 16.5. The third-order valence-corrected chi connectivity index (χ3v) is 2.51. The largest absolute Gasteiger partial charge is 0.461 e. The van der Waals surface area contributed by atoms with E-state index < -0.39 is 0 Å². The number of nitrogens with zero attached hydrogens (tertiary/aromatic N) is 2. The van der Waals surface area contributed by atoms with Crippen molar-refractivity contribution in [1.29, 1.82) is 0 Å². The van der Waals surface area contributed by atoms with Gasteiger partial charge < -0.3 is 14.7 Å². The minimum absolute atomic E-state index is 0.239. The fourth-order valence-electron chi connectivity index (χ4n) is 1.35. The van der Waals surface area contributed by atoms with E-state index in [1.54, 1.807) is 6.26 Å². The number of aryl methyl sites for hydroxylation is 1. The summed E-state index contributed by atoms with van der Waals surface area (Å²) in [7, 11) is 0. The lowest BCUT2D eigenvalue weighted by atomic mass is 10.1. The van der Waals surface area contributed by atoms with Crippen LogP contribution >= 0.6 is 0 Å². The fraction of sp³-hybridized carbons (Fsp3) is 0.455. The molecule has 0 aliphatic carbocycles. The Morgan fingerprint density at radius 2 is 2.12 bits per heavy atom. The maximum atomic E-state index is 5.92. The van der Waals surface area contributed by atoms with Gasteiger partial charge >= 0.3 is 0 Å². The standard InChI is InChI=1S/C11H15N3O2/c1-6(2)8(12)11-13-10(14-16-11)9-7(3)4-5-15-9/h4-6,8H,12H2,1-3H3/t8-/m0/s1. The monoisotopic (exact) mass is 221 g/mol. The Kier molecular flexibility index (Phi) is 2.78. The second-order valence-electron chi connectivity index (χ2n) is 4.16. The normalized spacial score (nSPS) is 13.3. The number of aromatic nitrogens is 2. The van der Waals surface area contributed by atoms with Crippen LogP contribution in [0.3, 0.4) is 0 Å². The van der Waals surface area contributed by atoms with Gasteiger partial charge in [-0.25, -0.2) is 0 Å². The summed E-state index contributed by atoms with van der Waals surface area (Å²) in [6, 6.07) is 1.62. The zero-order chi connectivity index (χ0) is 11.7. The first kappa shape index (κ1) is 10.9. The Bertz CT molecular complexity index is 473. The van der Waals surface area contributed by atoms with Gasteiger partial charge in [-0.15, -0.1) is 0 Å².